The highest BCUT2D eigenvalue weighted by Gasteiger charge is 2.13. The molecule has 114 valence electrons. The highest BCUT2D eigenvalue weighted by Crippen LogP contribution is 2.25. The smallest absolute Gasteiger partial charge is 0.222 e. The Balaban J connectivity index is 2.11. The number of thiophene rings is 1. The summed E-state index contributed by atoms with van der Waals surface area (Å²) in [6, 6.07) is 2.20. The van der Waals surface area contributed by atoms with Crippen molar-refractivity contribution in [3.05, 3.63) is 17.3 Å². The molecule has 0 spiro atoms. The molecule has 0 aliphatic heterocycles. The number of nitrogens with one attached hydrogen (secondary N) is 2. The fraction of sp³-hybridized carbons (Fsp3) is 0.533. The number of aromatic nitrogens is 2. The fourth-order valence-corrected chi connectivity index (χ4v) is 2.89. The Morgan fingerprint density at radius 1 is 1.33 bits per heavy atom. The van der Waals surface area contributed by atoms with E-state index < -0.39 is 0 Å². The van der Waals surface area contributed by atoms with Gasteiger partial charge in [0, 0.05) is 24.9 Å². The molecule has 0 radical (unpaired) electrons. The van der Waals surface area contributed by atoms with Gasteiger partial charge in [-0.1, -0.05) is 6.92 Å². The molecule has 0 fully saturated rings. The third-order valence-corrected chi connectivity index (χ3v) is 3.82. The van der Waals surface area contributed by atoms with Gasteiger partial charge in [-0.2, -0.15) is 0 Å². The minimum absolute atomic E-state index is 0.0199. The first kappa shape index (κ1) is 15.7. The number of amides is 1. The van der Waals surface area contributed by atoms with Crippen molar-refractivity contribution in [3.8, 4) is 0 Å². The molecule has 2 aromatic heterocycles. The van der Waals surface area contributed by atoms with Crippen LogP contribution in [0.3, 0.4) is 0 Å². The maximum atomic E-state index is 11.8. The largest absolute Gasteiger partial charge is 0.366 e. The lowest BCUT2D eigenvalue weighted by Crippen LogP contribution is -2.34. The molecule has 0 saturated carbocycles. The summed E-state index contributed by atoms with van der Waals surface area (Å²) in [5.41, 5.74) is 0. The molecule has 6 heteroatoms. The molecule has 0 saturated heterocycles. The lowest BCUT2D eigenvalue weighted by atomic mass is 10.2. The van der Waals surface area contributed by atoms with Gasteiger partial charge in [-0.25, -0.2) is 9.97 Å². The van der Waals surface area contributed by atoms with Crippen LogP contribution in [0.15, 0.2) is 11.4 Å². The molecule has 0 aliphatic rings. The van der Waals surface area contributed by atoms with Gasteiger partial charge in [0.25, 0.3) is 0 Å². The van der Waals surface area contributed by atoms with E-state index in [4.69, 9.17) is 0 Å². The van der Waals surface area contributed by atoms with E-state index in [1.807, 2.05) is 39.1 Å². The number of carbonyl (C=O) groups excluding carboxylic acids is 1. The van der Waals surface area contributed by atoms with Gasteiger partial charge in [0.05, 0.1) is 5.39 Å². The van der Waals surface area contributed by atoms with E-state index in [2.05, 4.69) is 20.6 Å². The summed E-state index contributed by atoms with van der Waals surface area (Å²) in [4.78, 5) is 21.9. The summed E-state index contributed by atoms with van der Waals surface area (Å²) in [5.74, 6) is 1.70. The molecule has 0 aliphatic carbocycles. The molecule has 2 aromatic rings. The van der Waals surface area contributed by atoms with Crippen LogP contribution in [0, 0.1) is 0 Å². The topological polar surface area (TPSA) is 66.9 Å². The summed E-state index contributed by atoms with van der Waals surface area (Å²) in [7, 11) is 0. The number of aryl methyl sites for hydroxylation is 1. The molecule has 1 atom stereocenters. The Bertz CT molecular complexity index is 623. The van der Waals surface area contributed by atoms with E-state index in [1.165, 1.54) is 0 Å². The van der Waals surface area contributed by atoms with E-state index in [-0.39, 0.29) is 18.0 Å². The van der Waals surface area contributed by atoms with Crippen LogP contribution < -0.4 is 10.6 Å². The van der Waals surface area contributed by atoms with Gasteiger partial charge in [-0.05, 0) is 32.2 Å². The van der Waals surface area contributed by atoms with Crippen LogP contribution in [0.4, 0.5) is 5.82 Å². The van der Waals surface area contributed by atoms with Gasteiger partial charge in [0.15, 0.2) is 0 Å². The van der Waals surface area contributed by atoms with Crippen molar-refractivity contribution in [1.82, 2.24) is 15.3 Å². The second kappa shape index (κ2) is 6.85. The van der Waals surface area contributed by atoms with Crippen molar-refractivity contribution in [2.24, 2.45) is 0 Å². The van der Waals surface area contributed by atoms with Crippen LogP contribution in [-0.2, 0) is 11.2 Å². The molecule has 1 amide bonds. The summed E-state index contributed by atoms with van der Waals surface area (Å²) < 4.78 is 0. The average molecular weight is 306 g/mol. The molecule has 1 unspecified atom stereocenters. The Labute approximate surface area is 129 Å². The molecular weight excluding hydrogens is 284 g/mol. The molecule has 0 aromatic carbocycles. The maximum Gasteiger partial charge on any atom is 0.222 e. The van der Waals surface area contributed by atoms with Crippen LogP contribution >= 0.6 is 11.3 Å². The van der Waals surface area contributed by atoms with Crippen LogP contribution in [0.5, 0.6) is 0 Å². The number of hydrogen-bond donors (Lipinski definition) is 2. The number of fused-ring (bicyclic) bond motifs is 1. The van der Waals surface area contributed by atoms with E-state index >= 15 is 0 Å². The predicted molar refractivity (Wildman–Crippen MR) is 87.8 cm³/mol. The minimum atomic E-state index is 0.0199. The molecule has 5 nitrogen and oxygen atoms in total. The van der Waals surface area contributed by atoms with Gasteiger partial charge in [0.2, 0.25) is 5.91 Å². The Morgan fingerprint density at radius 2 is 2.10 bits per heavy atom. The van der Waals surface area contributed by atoms with Crippen LogP contribution in [0.2, 0.25) is 0 Å². The monoisotopic (exact) mass is 306 g/mol. The molecule has 2 N–H and O–H groups in total. The fourth-order valence-electron chi connectivity index (χ4n) is 2.11. The third kappa shape index (κ3) is 4.14. The van der Waals surface area contributed by atoms with Crippen molar-refractivity contribution < 1.29 is 4.79 Å². The second-order valence-electron chi connectivity index (χ2n) is 5.45. The molecule has 0 bridgehead atoms. The second-order valence-corrected chi connectivity index (χ2v) is 6.35. The normalized spacial score (nSPS) is 12.6. The average Bonchev–Trinajstić information content (AvgIpc) is 2.85. The van der Waals surface area contributed by atoms with E-state index in [0.717, 1.165) is 28.3 Å². The zero-order valence-electron chi connectivity index (χ0n) is 12.9. The molecular formula is C15H22N4OS. The van der Waals surface area contributed by atoms with Gasteiger partial charge in [-0.3, -0.25) is 4.79 Å². The number of nitrogens with zero attached hydrogens (tertiary/aromatic N) is 2. The number of hydrogen-bond acceptors (Lipinski definition) is 5. The highest BCUT2D eigenvalue weighted by atomic mass is 32.1. The Morgan fingerprint density at radius 3 is 2.76 bits per heavy atom. The lowest BCUT2D eigenvalue weighted by molar-refractivity contribution is -0.121. The van der Waals surface area contributed by atoms with Crippen molar-refractivity contribution in [2.45, 2.75) is 52.6 Å². The van der Waals surface area contributed by atoms with Crippen molar-refractivity contribution >= 4 is 33.3 Å². The van der Waals surface area contributed by atoms with Gasteiger partial charge >= 0.3 is 0 Å². The van der Waals surface area contributed by atoms with E-state index in [9.17, 15) is 4.79 Å². The zero-order chi connectivity index (χ0) is 15.4. The number of carbonyl (C=O) groups is 1. The van der Waals surface area contributed by atoms with Gasteiger partial charge in [0.1, 0.15) is 16.5 Å². The third-order valence-electron chi connectivity index (χ3n) is 3.01. The summed E-state index contributed by atoms with van der Waals surface area (Å²) in [6.45, 7) is 7.95. The quantitative estimate of drug-likeness (QED) is 0.861. The zero-order valence-corrected chi connectivity index (χ0v) is 13.8. The molecule has 21 heavy (non-hydrogen) atoms. The molecule has 2 rings (SSSR count). The predicted octanol–water partition coefficient (Wildman–Crippen LogP) is 2.97. The van der Waals surface area contributed by atoms with Crippen molar-refractivity contribution in [1.29, 1.82) is 0 Å². The first-order valence-corrected chi connectivity index (χ1v) is 8.17. The highest BCUT2D eigenvalue weighted by molar-refractivity contribution is 7.16. The SMILES string of the molecule is CCc1nc(NC(C)CC(=O)NC(C)C)c2ccsc2n1. The lowest BCUT2D eigenvalue weighted by Gasteiger charge is -2.16. The summed E-state index contributed by atoms with van der Waals surface area (Å²) in [6.07, 6.45) is 1.22. The summed E-state index contributed by atoms with van der Waals surface area (Å²) >= 11 is 1.61. The first-order chi connectivity index (χ1) is 9.99. The summed E-state index contributed by atoms with van der Waals surface area (Å²) in [5, 5.41) is 9.28. The van der Waals surface area contributed by atoms with E-state index in [1.54, 1.807) is 11.3 Å². The number of rotatable bonds is 6. The minimum Gasteiger partial charge on any atom is -0.366 e. The van der Waals surface area contributed by atoms with Crippen LogP contribution in [-0.4, -0.2) is 28.0 Å². The standard InChI is InChI=1S/C15H22N4OS/c1-5-12-18-14(11-6-7-21-15(11)19-12)17-10(4)8-13(20)16-9(2)3/h6-7,9-10H,5,8H2,1-4H3,(H,16,20)(H,17,18,19). The Hall–Kier alpha value is -1.69. The van der Waals surface area contributed by atoms with Crippen LogP contribution in [0.1, 0.15) is 39.9 Å². The maximum absolute atomic E-state index is 11.8. The van der Waals surface area contributed by atoms with Crippen LogP contribution in [0.25, 0.3) is 10.2 Å². The van der Waals surface area contributed by atoms with Gasteiger partial charge < -0.3 is 10.6 Å². The Kier molecular flexibility index (Phi) is 5.12. The van der Waals surface area contributed by atoms with Gasteiger partial charge in [-0.15, -0.1) is 11.3 Å². The number of anilines is 1. The first-order valence-electron chi connectivity index (χ1n) is 7.29. The molecule has 2 heterocycles. The van der Waals surface area contributed by atoms with Crippen molar-refractivity contribution in [3.63, 3.8) is 0 Å². The van der Waals surface area contributed by atoms with E-state index in [0.29, 0.717) is 6.42 Å². The van der Waals surface area contributed by atoms with Crippen molar-refractivity contribution in [2.75, 3.05) is 5.32 Å².